The highest BCUT2D eigenvalue weighted by Gasteiger charge is 2.34. The number of rotatable bonds is 7. The highest BCUT2D eigenvalue weighted by atomic mass is 32.1. The van der Waals surface area contributed by atoms with E-state index >= 15 is 0 Å². The summed E-state index contributed by atoms with van der Waals surface area (Å²) in [5, 5.41) is 8.18. The molecule has 0 spiro atoms. The monoisotopic (exact) mass is 293 g/mol. The Bertz CT molecular complexity index is 369. The van der Waals surface area contributed by atoms with Crippen molar-refractivity contribution >= 4 is 11.3 Å². The zero-order valence-corrected chi connectivity index (χ0v) is 14.3. The molecular formula is C18H31NS. The number of hydrogen-bond acceptors (Lipinski definition) is 2. The molecule has 1 N–H and O–H groups in total. The third kappa shape index (κ3) is 4.89. The van der Waals surface area contributed by atoms with Crippen molar-refractivity contribution in [3.05, 3.63) is 22.4 Å². The summed E-state index contributed by atoms with van der Waals surface area (Å²) >= 11 is 1.83. The van der Waals surface area contributed by atoms with Crippen LogP contribution in [0.5, 0.6) is 0 Å². The second kappa shape index (κ2) is 7.61. The van der Waals surface area contributed by atoms with E-state index in [1.54, 1.807) is 5.56 Å². The van der Waals surface area contributed by atoms with Crippen LogP contribution in [0.3, 0.4) is 0 Å². The van der Waals surface area contributed by atoms with Crippen LogP contribution in [-0.2, 0) is 6.42 Å². The smallest absolute Gasteiger partial charge is 0.00179 e. The van der Waals surface area contributed by atoms with Crippen molar-refractivity contribution in [1.29, 1.82) is 0 Å². The summed E-state index contributed by atoms with van der Waals surface area (Å²) in [7, 11) is 0. The van der Waals surface area contributed by atoms with Crippen LogP contribution in [0.25, 0.3) is 0 Å². The van der Waals surface area contributed by atoms with E-state index in [2.05, 4.69) is 42.9 Å². The van der Waals surface area contributed by atoms with E-state index in [0.29, 0.717) is 5.41 Å². The second-order valence-electron chi connectivity index (χ2n) is 7.30. The van der Waals surface area contributed by atoms with Crippen LogP contribution >= 0.6 is 11.3 Å². The molecule has 0 saturated heterocycles. The van der Waals surface area contributed by atoms with Gasteiger partial charge >= 0.3 is 0 Å². The lowest BCUT2D eigenvalue weighted by Gasteiger charge is -2.41. The molecule has 0 radical (unpaired) electrons. The van der Waals surface area contributed by atoms with Gasteiger partial charge in [0.15, 0.2) is 0 Å². The molecule has 0 aromatic carbocycles. The molecule has 1 heterocycles. The SMILES string of the molecule is CCCNCC1CCC(C)(C)CC1CCc1ccsc1. The van der Waals surface area contributed by atoms with Gasteiger partial charge in [0, 0.05) is 0 Å². The zero-order valence-electron chi connectivity index (χ0n) is 13.5. The second-order valence-corrected chi connectivity index (χ2v) is 8.08. The van der Waals surface area contributed by atoms with Crippen LogP contribution in [0.15, 0.2) is 16.8 Å². The minimum Gasteiger partial charge on any atom is -0.316 e. The fourth-order valence-corrected chi connectivity index (χ4v) is 4.35. The third-order valence-corrected chi connectivity index (χ3v) is 5.62. The molecule has 20 heavy (non-hydrogen) atoms. The largest absolute Gasteiger partial charge is 0.316 e. The number of hydrogen-bond donors (Lipinski definition) is 1. The van der Waals surface area contributed by atoms with Crippen molar-refractivity contribution in [3.63, 3.8) is 0 Å². The fraction of sp³-hybridized carbons (Fsp3) is 0.778. The number of nitrogens with one attached hydrogen (secondary N) is 1. The normalized spacial score (nSPS) is 25.8. The molecule has 1 aromatic rings. The molecule has 1 aromatic heterocycles. The first-order valence-corrected chi connectivity index (χ1v) is 9.27. The minimum absolute atomic E-state index is 0.556. The van der Waals surface area contributed by atoms with Crippen LogP contribution in [0, 0.1) is 17.3 Å². The van der Waals surface area contributed by atoms with Gasteiger partial charge in [-0.25, -0.2) is 0 Å². The van der Waals surface area contributed by atoms with Gasteiger partial charge in [-0.05, 0) is 91.3 Å². The molecule has 0 aliphatic heterocycles. The van der Waals surface area contributed by atoms with Gasteiger partial charge < -0.3 is 5.32 Å². The molecule has 114 valence electrons. The van der Waals surface area contributed by atoms with Gasteiger partial charge in [0.1, 0.15) is 0 Å². The van der Waals surface area contributed by atoms with Gasteiger partial charge in [-0.1, -0.05) is 20.8 Å². The Balaban J connectivity index is 1.87. The summed E-state index contributed by atoms with van der Waals surface area (Å²) in [6, 6.07) is 2.29. The lowest BCUT2D eigenvalue weighted by Crippen LogP contribution is -2.36. The summed E-state index contributed by atoms with van der Waals surface area (Å²) < 4.78 is 0. The standard InChI is InChI=1S/C18H31NS/c1-4-10-19-13-17-7-9-18(2,3)12-16(17)6-5-15-8-11-20-14-15/h8,11,14,16-17,19H,4-7,9-10,12-13H2,1-3H3. The molecule has 2 rings (SSSR count). The average Bonchev–Trinajstić information content (AvgIpc) is 2.91. The maximum Gasteiger partial charge on any atom is -0.00179 e. The van der Waals surface area contributed by atoms with E-state index in [-0.39, 0.29) is 0 Å². The van der Waals surface area contributed by atoms with Gasteiger partial charge in [-0.2, -0.15) is 11.3 Å². The predicted octanol–water partition coefficient (Wildman–Crippen LogP) is 5.12. The third-order valence-electron chi connectivity index (χ3n) is 4.89. The van der Waals surface area contributed by atoms with Crippen molar-refractivity contribution in [2.45, 2.75) is 59.3 Å². The Hall–Kier alpha value is -0.340. The van der Waals surface area contributed by atoms with E-state index in [1.165, 1.54) is 51.6 Å². The van der Waals surface area contributed by atoms with Crippen LogP contribution in [0.4, 0.5) is 0 Å². The Labute approximate surface area is 129 Å². The van der Waals surface area contributed by atoms with Gasteiger partial charge in [0.05, 0.1) is 0 Å². The summed E-state index contributed by atoms with van der Waals surface area (Å²) in [6.45, 7) is 9.58. The maximum atomic E-state index is 3.66. The highest BCUT2D eigenvalue weighted by Crippen LogP contribution is 2.43. The molecule has 1 aliphatic carbocycles. The average molecular weight is 294 g/mol. The Morgan fingerprint density at radius 2 is 2.20 bits per heavy atom. The number of aryl methyl sites for hydroxylation is 1. The van der Waals surface area contributed by atoms with E-state index in [4.69, 9.17) is 0 Å². The fourth-order valence-electron chi connectivity index (χ4n) is 3.65. The summed E-state index contributed by atoms with van der Waals surface area (Å²) in [4.78, 5) is 0. The van der Waals surface area contributed by atoms with E-state index in [1.807, 2.05) is 11.3 Å². The molecule has 2 unspecified atom stereocenters. The molecule has 1 nitrogen and oxygen atoms in total. The van der Waals surface area contributed by atoms with Gasteiger partial charge in [-0.15, -0.1) is 0 Å². The first-order valence-electron chi connectivity index (χ1n) is 8.32. The first-order chi connectivity index (χ1) is 9.61. The summed E-state index contributed by atoms with van der Waals surface area (Å²) in [5.74, 6) is 1.80. The van der Waals surface area contributed by atoms with Crippen molar-refractivity contribution in [1.82, 2.24) is 5.32 Å². The van der Waals surface area contributed by atoms with Gasteiger partial charge in [0.25, 0.3) is 0 Å². The maximum absolute atomic E-state index is 3.66. The Morgan fingerprint density at radius 1 is 1.35 bits per heavy atom. The molecule has 1 aliphatic rings. The minimum atomic E-state index is 0.556. The predicted molar refractivity (Wildman–Crippen MR) is 90.4 cm³/mol. The molecule has 2 atom stereocenters. The van der Waals surface area contributed by atoms with Crippen LogP contribution in [-0.4, -0.2) is 13.1 Å². The van der Waals surface area contributed by atoms with Crippen molar-refractivity contribution < 1.29 is 0 Å². The van der Waals surface area contributed by atoms with Crippen LogP contribution < -0.4 is 5.32 Å². The Kier molecular flexibility index (Phi) is 6.10. The van der Waals surface area contributed by atoms with Gasteiger partial charge in [-0.3, -0.25) is 0 Å². The quantitative estimate of drug-likeness (QED) is 0.688. The van der Waals surface area contributed by atoms with E-state index in [0.717, 1.165) is 11.8 Å². The summed E-state index contributed by atoms with van der Waals surface area (Å²) in [5.41, 5.74) is 2.10. The molecular weight excluding hydrogens is 262 g/mol. The van der Waals surface area contributed by atoms with Crippen LogP contribution in [0.1, 0.15) is 58.4 Å². The summed E-state index contributed by atoms with van der Waals surface area (Å²) in [6.07, 6.45) is 8.12. The molecule has 1 fully saturated rings. The molecule has 2 heteroatoms. The van der Waals surface area contributed by atoms with Crippen molar-refractivity contribution in [2.24, 2.45) is 17.3 Å². The zero-order chi connectivity index (χ0) is 14.4. The highest BCUT2D eigenvalue weighted by molar-refractivity contribution is 7.07. The Morgan fingerprint density at radius 3 is 2.90 bits per heavy atom. The van der Waals surface area contributed by atoms with Crippen molar-refractivity contribution in [2.75, 3.05) is 13.1 Å². The topological polar surface area (TPSA) is 12.0 Å². The lowest BCUT2D eigenvalue weighted by atomic mass is 9.65. The molecule has 1 saturated carbocycles. The van der Waals surface area contributed by atoms with Crippen molar-refractivity contribution in [3.8, 4) is 0 Å². The first kappa shape index (κ1) is 16.0. The van der Waals surface area contributed by atoms with E-state index < -0.39 is 0 Å². The van der Waals surface area contributed by atoms with E-state index in [9.17, 15) is 0 Å². The van der Waals surface area contributed by atoms with Crippen LogP contribution in [0.2, 0.25) is 0 Å². The van der Waals surface area contributed by atoms with Gasteiger partial charge in [0.2, 0.25) is 0 Å². The molecule has 0 amide bonds. The lowest BCUT2D eigenvalue weighted by molar-refractivity contribution is 0.110. The molecule has 0 bridgehead atoms. The number of thiophene rings is 1.